The SMILES string of the molecule is NC(=O)c1ccc2oc(=O)n(-c3cc4[nH]ccc4cn3)c2c1. The van der Waals surface area contributed by atoms with Gasteiger partial charge in [-0.05, 0) is 24.3 Å². The number of benzene rings is 1. The summed E-state index contributed by atoms with van der Waals surface area (Å²) in [4.78, 5) is 30.8. The van der Waals surface area contributed by atoms with Gasteiger partial charge in [0, 0.05) is 29.4 Å². The Morgan fingerprint density at radius 3 is 2.95 bits per heavy atom. The third-order valence-electron chi connectivity index (χ3n) is 3.52. The Kier molecular flexibility index (Phi) is 2.43. The number of fused-ring (bicyclic) bond motifs is 2. The third kappa shape index (κ3) is 1.72. The van der Waals surface area contributed by atoms with Crippen LogP contribution >= 0.6 is 0 Å². The second kappa shape index (κ2) is 4.32. The zero-order chi connectivity index (χ0) is 15.3. The number of nitrogens with two attached hydrogens (primary N) is 1. The smallest absolute Gasteiger partial charge is 0.407 e. The summed E-state index contributed by atoms with van der Waals surface area (Å²) in [6.45, 7) is 0. The van der Waals surface area contributed by atoms with Gasteiger partial charge in [0.05, 0.1) is 11.0 Å². The van der Waals surface area contributed by atoms with Gasteiger partial charge in [0.2, 0.25) is 5.91 Å². The number of rotatable bonds is 2. The summed E-state index contributed by atoms with van der Waals surface area (Å²) < 4.78 is 6.49. The highest BCUT2D eigenvalue weighted by Gasteiger charge is 2.14. The summed E-state index contributed by atoms with van der Waals surface area (Å²) in [5, 5.41) is 0.933. The molecule has 3 aromatic heterocycles. The van der Waals surface area contributed by atoms with Crippen LogP contribution in [0, 0.1) is 0 Å². The molecule has 0 bridgehead atoms. The van der Waals surface area contributed by atoms with Crippen LogP contribution in [0.3, 0.4) is 0 Å². The number of hydrogen-bond acceptors (Lipinski definition) is 4. The Morgan fingerprint density at radius 2 is 2.14 bits per heavy atom. The van der Waals surface area contributed by atoms with Crippen LogP contribution in [0.25, 0.3) is 27.8 Å². The molecule has 7 heteroatoms. The van der Waals surface area contributed by atoms with Gasteiger partial charge in [-0.3, -0.25) is 4.79 Å². The van der Waals surface area contributed by atoms with Crippen molar-refractivity contribution in [3.63, 3.8) is 0 Å². The average molecular weight is 294 g/mol. The molecular weight excluding hydrogens is 284 g/mol. The molecule has 22 heavy (non-hydrogen) atoms. The number of oxazole rings is 1. The molecule has 1 amide bonds. The Labute approximate surface area is 123 Å². The quantitative estimate of drug-likeness (QED) is 0.585. The molecule has 0 radical (unpaired) electrons. The summed E-state index contributed by atoms with van der Waals surface area (Å²) in [7, 11) is 0. The van der Waals surface area contributed by atoms with Gasteiger partial charge < -0.3 is 15.1 Å². The average Bonchev–Trinajstić information content (AvgIpc) is 3.08. The van der Waals surface area contributed by atoms with Crippen molar-refractivity contribution in [2.75, 3.05) is 0 Å². The molecule has 0 saturated carbocycles. The first-order valence-corrected chi connectivity index (χ1v) is 6.52. The highest BCUT2D eigenvalue weighted by atomic mass is 16.4. The van der Waals surface area contributed by atoms with Crippen LogP contribution in [-0.4, -0.2) is 20.4 Å². The van der Waals surface area contributed by atoms with Crippen molar-refractivity contribution in [1.82, 2.24) is 14.5 Å². The fourth-order valence-electron chi connectivity index (χ4n) is 2.44. The van der Waals surface area contributed by atoms with E-state index < -0.39 is 11.7 Å². The van der Waals surface area contributed by atoms with Gasteiger partial charge in [-0.15, -0.1) is 0 Å². The van der Waals surface area contributed by atoms with Gasteiger partial charge in [0.15, 0.2) is 5.58 Å². The van der Waals surface area contributed by atoms with E-state index in [9.17, 15) is 9.59 Å². The number of aromatic nitrogens is 3. The second-order valence-electron chi connectivity index (χ2n) is 4.86. The van der Waals surface area contributed by atoms with E-state index in [1.54, 1.807) is 24.5 Å². The van der Waals surface area contributed by atoms with E-state index in [2.05, 4.69) is 9.97 Å². The number of nitrogens with one attached hydrogen (secondary N) is 1. The molecule has 0 atom stereocenters. The lowest BCUT2D eigenvalue weighted by Gasteiger charge is -2.02. The van der Waals surface area contributed by atoms with E-state index in [0.717, 1.165) is 10.9 Å². The molecule has 0 aliphatic rings. The summed E-state index contributed by atoms with van der Waals surface area (Å²) >= 11 is 0. The van der Waals surface area contributed by atoms with Crippen molar-refractivity contribution < 1.29 is 9.21 Å². The second-order valence-corrected chi connectivity index (χ2v) is 4.86. The Hall–Kier alpha value is -3.35. The molecule has 3 heterocycles. The Balaban J connectivity index is 2.03. The molecule has 0 saturated heterocycles. The van der Waals surface area contributed by atoms with Crippen LogP contribution in [0.4, 0.5) is 0 Å². The van der Waals surface area contributed by atoms with Crippen molar-refractivity contribution in [3.8, 4) is 5.82 Å². The van der Waals surface area contributed by atoms with Crippen molar-refractivity contribution >= 4 is 27.9 Å². The number of pyridine rings is 1. The maximum atomic E-state index is 12.1. The van der Waals surface area contributed by atoms with E-state index in [-0.39, 0.29) is 0 Å². The number of hydrogen-bond donors (Lipinski definition) is 2. The first-order valence-electron chi connectivity index (χ1n) is 6.52. The van der Waals surface area contributed by atoms with Crippen LogP contribution in [0.1, 0.15) is 10.4 Å². The molecule has 0 aliphatic heterocycles. The molecule has 7 nitrogen and oxygen atoms in total. The van der Waals surface area contributed by atoms with Gasteiger partial charge >= 0.3 is 5.76 Å². The van der Waals surface area contributed by atoms with Crippen LogP contribution in [0.5, 0.6) is 0 Å². The normalized spacial score (nSPS) is 11.3. The first-order chi connectivity index (χ1) is 10.6. The topological polar surface area (TPSA) is 107 Å². The number of primary amides is 1. The summed E-state index contributed by atoms with van der Waals surface area (Å²) in [6, 6.07) is 8.19. The zero-order valence-electron chi connectivity index (χ0n) is 11.2. The van der Waals surface area contributed by atoms with Gasteiger partial charge in [0.1, 0.15) is 5.82 Å². The molecule has 0 fully saturated rings. The lowest BCUT2D eigenvalue weighted by atomic mass is 10.2. The molecule has 1 aromatic carbocycles. The predicted molar refractivity (Wildman–Crippen MR) is 80.0 cm³/mol. The molecule has 0 aliphatic carbocycles. The lowest BCUT2D eigenvalue weighted by Crippen LogP contribution is -2.14. The molecule has 4 aromatic rings. The highest BCUT2D eigenvalue weighted by molar-refractivity contribution is 5.96. The number of carbonyl (C=O) groups excluding carboxylic acids is 1. The van der Waals surface area contributed by atoms with Crippen LogP contribution in [-0.2, 0) is 0 Å². The van der Waals surface area contributed by atoms with Crippen molar-refractivity contribution in [3.05, 3.63) is 58.8 Å². The molecular formula is C15H10N4O3. The zero-order valence-corrected chi connectivity index (χ0v) is 11.2. The number of carbonyl (C=O) groups is 1. The number of nitrogens with zero attached hydrogens (tertiary/aromatic N) is 2. The fraction of sp³-hybridized carbons (Fsp3) is 0. The van der Waals surface area contributed by atoms with Crippen LogP contribution in [0.2, 0.25) is 0 Å². The summed E-state index contributed by atoms with van der Waals surface area (Å²) in [5.41, 5.74) is 7.23. The fourth-order valence-corrected chi connectivity index (χ4v) is 2.44. The van der Waals surface area contributed by atoms with Crippen LogP contribution < -0.4 is 11.5 Å². The minimum atomic E-state index is -0.574. The van der Waals surface area contributed by atoms with Gasteiger partial charge in [-0.25, -0.2) is 14.3 Å². The van der Waals surface area contributed by atoms with E-state index in [1.165, 1.54) is 16.7 Å². The largest absolute Gasteiger partial charge is 0.425 e. The van der Waals surface area contributed by atoms with Crippen molar-refractivity contribution in [2.24, 2.45) is 5.73 Å². The first kappa shape index (κ1) is 12.4. The standard InChI is InChI=1S/C15H10N4O3/c16-14(20)8-1-2-12-11(5-8)19(15(21)22-12)13-6-10-9(7-18-13)3-4-17-10/h1-7,17H,(H2,16,20). The van der Waals surface area contributed by atoms with Gasteiger partial charge in [0.25, 0.3) is 0 Å². The molecule has 0 unspecified atom stereocenters. The Bertz CT molecular complexity index is 1090. The maximum Gasteiger partial charge on any atom is 0.425 e. The van der Waals surface area contributed by atoms with Crippen molar-refractivity contribution in [2.45, 2.75) is 0 Å². The predicted octanol–water partition coefficient (Wildman–Crippen LogP) is 1.56. The van der Waals surface area contributed by atoms with E-state index >= 15 is 0 Å². The van der Waals surface area contributed by atoms with Crippen LogP contribution in [0.15, 0.2) is 51.9 Å². The van der Waals surface area contributed by atoms with E-state index in [0.29, 0.717) is 22.5 Å². The molecule has 4 rings (SSSR count). The minimum absolute atomic E-state index is 0.294. The van der Waals surface area contributed by atoms with Gasteiger partial charge in [-0.1, -0.05) is 0 Å². The molecule has 3 N–H and O–H groups in total. The number of H-pyrrole nitrogens is 1. The lowest BCUT2D eigenvalue weighted by molar-refractivity contribution is 0.100. The summed E-state index contributed by atoms with van der Waals surface area (Å²) in [6.07, 6.45) is 3.45. The maximum absolute atomic E-state index is 12.1. The monoisotopic (exact) mass is 294 g/mol. The Morgan fingerprint density at radius 1 is 1.27 bits per heavy atom. The number of aromatic amines is 1. The van der Waals surface area contributed by atoms with E-state index in [1.807, 2.05) is 6.07 Å². The third-order valence-corrected chi connectivity index (χ3v) is 3.52. The highest BCUT2D eigenvalue weighted by Crippen LogP contribution is 2.20. The summed E-state index contributed by atoms with van der Waals surface area (Å²) in [5.74, 6) is -0.745. The molecule has 108 valence electrons. The number of amides is 1. The van der Waals surface area contributed by atoms with E-state index in [4.69, 9.17) is 10.2 Å². The van der Waals surface area contributed by atoms with Crippen molar-refractivity contribution in [1.29, 1.82) is 0 Å². The van der Waals surface area contributed by atoms with Gasteiger partial charge in [-0.2, -0.15) is 0 Å². The minimum Gasteiger partial charge on any atom is -0.407 e. The molecule has 0 spiro atoms.